The molecule has 1 fully saturated rings. The largest absolute Gasteiger partial charge is 0.422 e. The summed E-state index contributed by atoms with van der Waals surface area (Å²) in [7, 11) is 0. The average molecular weight is 326 g/mol. The fourth-order valence-electron chi connectivity index (χ4n) is 2.06. The van der Waals surface area contributed by atoms with E-state index in [0.29, 0.717) is 11.6 Å². The van der Waals surface area contributed by atoms with E-state index in [4.69, 9.17) is 9.47 Å². The first-order valence-corrected chi connectivity index (χ1v) is 7.18. The lowest BCUT2D eigenvalue weighted by molar-refractivity contribution is -0.235. The normalized spacial score (nSPS) is 17.6. The molecule has 8 heteroatoms. The first-order valence-electron chi connectivity index (χ1n) is 7.18. The highest BCUT2D eigenvalue weighted by Crippen LogP contribution is 2.23. The minimum absolute atomic E-state index is 0.300. The predicted octanol–water partition coefficient (Wildman–Crippen LogP) is 1.69. The third-order valence-corrected chi connectivity index (χ3v) is 3.12. The highest BCUT2D eigenvalue weighted by molar-refractivity contribution is 6.10. The summed E-state index contributed by atoms with van der Waals surface area (Å²) in [4.78, 5) is 40.2. The number of hydrogen-bond donors (Lipinski definition) is 0. The zero-order chi connectivity index (χ0) is 17.2. The molecule has 2 aromatic heterocycles. The molecule has 0 aliphatic carbocycles. The molecular weight excluding hydrogens is 312 g/mol. The summed E-state index contributed by atoms with van der Waals surface area (Å²) in [6.45, 7) is 2.97. The molecule has 0 unspecified atom stereocenters. The van der Waals surface area contributed by atoms with Crippen LogP contribution in [0.4, 0.5) is 5.82 Å². The van der Waals surface area contributed by atoms with Crippen LogP contribution in [0.3, 0.4) is 0 Å². The lowest BCUT2D eigenvalue weighted by atomic mass is 10.1. The van der Waals surface area contributed by atoms with Gasteiger partial charge < -0.3 is 9.47 Å². The molecular formula is C16H14N4O4. The van der Waals surface area contributed by atoms with Gasteiger partial charge in [-0.25, -0.2) is 15.0 Å². The molecule has 0 radical (unpaired) electrons. The Labute approximate surface area is 137 Å². The van der Waals surface area contributed by atoms with Crippen LogP contribution in [0.25, 0.3) is 11.4 Å². The van der Waals surface area contributed by atoms with Gasteiger partial charge in [-0.1, -0.05) is 0 Å². The molecule has 0 amide bonds. The number of rotatable bonds is 3. The molecule has 0 saturated carbocycles. The Balaban J connectivity index is 1.80. The van der Waals surface area contributed by atoms with Crippen molar-refractivity contribution in [2.45, 2.75) is 19.6 Å². The molecule has 1 aliphatic heterocycles. The molecule has 1 aliphatic rings. The highest BCUT2D eigenvalue weighted by atomic mass is 16.7. The van der Waals surface area contributed by atoms with Crippen molar-refractivity contribution >= 4 is 24.0 Å². The van der Waals surface area contributed by atoms with E-state index in [0.717, 1.165) is 11.8 Å². The maximum atomic E-state index is 11.9. The van der Waals surface area contributed by atoms with E-state index in [1.165, 1.54) is 20.0 Å². The van der Waals surface area contributed by atoms with Gasteiger partial charge in [0.1, 0.15) is 0 Å². The number of aromatic nitrogens is 3. The topological polar surface area (TPSA) is 104 Å². The zero-order valence-electron chi connectivity index (χ0n) is 13.0. The average Bonchev–Trinajstić information content (AvgIpc) is 2.54. The Morgan fingerprint density at radius 1 is 1.17 bits per heavy atom. The van der Waals surface area contributed by atoms with Crippen molar-refractivity contribution in [3.05, 3.63) is 36.8 Å². The standard InChI is InChI=1S/C16H14N4O4/c1-16(2)23-14(21)11(15(22)24-16)9-19-12-5-7-18-13(20-12)10-4-3-6-17-8-10/h3-9,11H,1-2H3. The van der Waals surface area contributed by atoms with E-state index in [-0.39, 0.29) is 0 Å². The molecule has 3 rings (SSSR count). The quantitative estimate of drug-likeness (QED) is 0.480. The SMILES string of the molecule is CC1(C)OC(=O)C(C=Nc2ccnc(-c3cccnc3)n2)C(=O)O1. The Bertz CT molecular complexity index is 785. The maximum absolute atomic E-state index is 11.9. The maximum Gasteiger partial charge on any atom is 0.329 e. The molecule has 1 saturated heterocycles. The van der Waals surface area contributed by atoms with Crippen molar-refractivity contribution in [3.8, 4) is 11.4 Å². The van der Waals surface area contributed by atoms with E-state index in [1.807, 2.05) is 6.07 Å². The van der Waals surface area contributed by atoms with Gasteiger partial charge in [-0.05, 0) is 12.1 Å². The second-order valence-corrected chi connectivity index (χ2v) is 5.48. The van der Waals surface area contributed by atoms with Gasteiger partial charge in [0.15, 0.2) is 17.6 Å². The van der Waals surface area contributed by atoms with Gasteiger partial charge >= 0.3 is 11.9 Å². The van der Waals surface area contributed by atoms with Crippen LogP contribution >= 0.6 is 0 Å². The summed E-state index contributed by atoms with van der Waals surface area (Å²) in [5, 5.41) is 0. The summed E-state index contributed by atoms with van der Waals surface area (Å²) in [5.41, 5.74) is 0.729. The Morgan fingerprint density at radius 3 is 2.58 bits per heavy atom. The first kappa shape index (κ1) is 15.7. The minimum Gasteiger partial charge on any atom is -0.422 e. The molecule has 0 spiro atoms. The second kappa shape index (κ2) is 6.15. The van der Waals surface area contributed by atoms with Crippen LogP contribution in [0.1, 0.15) is 13.8 Å². The summed E-state index contributed by atoms with van der Waals surface area (Å²) in [5.74, 6) is -3.15. The van der Waals surface area contributed by atoms with Crippen molar-refractivity contribution < 1.29 is 19.1 Å². The smallest absolute Gasteiger partial charge is 0.329 e. The van der Waals surface area contributed by atoms with Crippen molar-refractivity contribution in [1.29, 1.82) is 0 Å². The third-order valence-electron chi connectivity index (χ3n) is 3.12. The second-order valence-electron chi connectivity index (χ2n) is 5.48. The summed E-state index contributed by atoms with van der Waals surface area (Å²) in [6.07, 6.45) is 5.96. The van der Waals surface area contributed by atoms with Crippen LogP contribution in [-0.4, -0.2) is 38.9 Å². The number of hydrogen-bond acceptors (Lipinski definition) is 8. The summed E-state index contributed by atoms with van der Waals surface area (Å²) >= 11 is 0. The predicted molar refractivity (Wildman–Crippen MR) is 83.2 cm³/mol. The number of pyridine rings is 1. The summed E-state index contributed by atoms with van der Waals surface area (Å²) in [6, 6.07) is 5.14. The third kappa shape index (κ3) is 3.43. The Hall–Kier alpha value is -3.16. The van der Waals surface area contributed by atoms with Crippen LogP contribution in [0, 0.1) is 5.92 Å². The number of nitrogens with zero attached hydrogens (tertiary/aromatic N) is 4. The molecule has 3 heterocycles. The van der Waals surface area contributed by atoms with Gasteiger partial charge in [-0.3, -0.25) is 14.6 Å². The van der Waals surface area contributed by atoms with E-state index < -0.39 is 23.6 Å². The van der Waals surface area contributed by atoms with Gasteiger partial charge in [0.05, 0.1) is 0 Å². The fourth-order valence-corrected chi connectivity index (χ4v) is 2.06. The van der Waals surface area contributed by atoms with Crippen LogP contribution in [0.15, 0.2) is 41.8 Å². The van der Waals surface area contributed by atoms with Crippen LogP contribution in [0.5, 0.6) is 0 Å². The van der Waals surface area contributed by atoms with Gasteiger partial charge in [-0.15, -0.1) is 0 Å². The Morgan fingerprint density at radius 2 is 1.92 bits per heavy atom. The number of carbonyl (C=O) groups is 2. The van der Waals surface area contributed by atoms with Crippen molar-refractivity contribution in [2.75, 3.05) is 0 Å². The van der Waals surface area contributed by atoms with E-state index in [1.54, 1.807) is 24.5 Å². The number of aliphatic imine (C=N–C) groups is 1. The molecule has 0 aromatic carbocycles. The van der Waals surface area contributed by atoms with Crippen molar-refractivity contribution in [2.24, 2.45) is 10.9 Å². The number of ether oxygens (including phenoxy) is 2. The van der Waals surface area contributed by atoms with Gasteiger partial charge in [0, 0.05) is 50.3 Å². The van der Waals surface area contributed by atoms with Gasteiger partial charge in [0.2, 0.25) is 0 Å². The zero-order valence-corrected chi connectivity index (χ0v) is 13.0. The lowest BCUT2D eigenvalue weighted by Gasteiger charge is -2.31. The first-order chi connectivity index (χ1) is 11.4. The molecule has 8 nitrogen and oxygen atoms in total. The highest BCUT2D eigenvalue weighted by Gasteiger charge is 2.42. The minimum atomic E-state index is -1.26. The molecule has 122 valence electrons. The molecule has 0 atom stereocenters. The Kier molecular flexibility index (Phi) is 4.03. The lowest BCUT2D eigenvalue weighted by Crippen LogP contribution is -2.46. The van der Waals surface area contributed by atoms with Crippen LogP contribution < -0.4 is 0 Å². The molecule has 2 aromatic rings. The summed E-state index contributed by atoms with van der Waals surface area (Å²) < 4.78 is 10.0. The van der Waals surface area contributed by atoms with E-state index in [2.05, 4.69) is 19.9 Å². The monoisotopic (exact) mass is 326 g/mol. The van der Waals surface area contributed by atoms with Gasteiger partial charge in [0.25, 0.3) is 5.79 Å². The number of carbonyl (C=O) groups excluding carboxylic acids is 2. The van der Waals surface area contributed by atoms with Crippen LogP contribution in [0.2, 0.25) is 0 Å². The number of cyclic esters (lactones) is 2. The van der Waals surface area contributed by atoms with Crippen molar-refractivity contribution in [3.63, 3.8) is 0 Å². The molecule has 24 heavy (non-hydrogen) atoms. The molecule has 0 N–H and O–H groups in total. The van der Waals surface area contributed by atoms with E-state index in [9.17, 15) is 9.59 Å². The van der Waals surface area contributed by atoms with Gasteiger partial charge in [-0.2, -0.15) is 0 Å². The molecule has 0 bridgehead atoms. The number of esters is 2. The fraction of sp³-hybridized carbons (Fsp3) is 0.250. The van der Waals surface area contributed by atoms with Crippen molar-refractivity contribution in [1.82, 2.24) is 15.0 Å². The van der Waals surface area contributed by atoms with Crippen LogP contribution in [-0.2, 0) is 19.1 Å². The van der Waals surface area contributed by atoms with E-state index >= 15 is 0 Å².